The molecular weight excluding hydrogens is 404 g/mol. The van der Waals surface area contributed by atoms with Gasteiger partial charge in [-0.15, -0.1) is 10.2 Å². The third kappa shape index (κ3) is 3.71. The van der Waals surface area contributed by atoms with Gasteiger partial charge in [-0.2, -0.15) is 0 Å². The molecule has 152 valence electrons. The molecule has 2 aliphatic rings. The van der Waals surface area contributed by atoms with E-state index >= 15 is 0 Å². The van der Waals surface area contributed by atoms with E-state index in [1.165, 1.54) is 11.8 Å². The van der Waals surface area contributed by atoms with Crippen molar-refractivity contribution in [3.8, 4) is 17.2 Å². The molecule has 1 amide bonds. The molecule has 0 saturated carbocycles. The molecule has 2 aliphatic heterocycles. The highest BCUT2D eigenvalue weighted by Crippen LogP contribution is 2.35. The molecule has 2 aromatic carbocycles. The fourth-order valence-electron chi connectivity index (χ4n) is 3.18. The van der Waals surface area contributed by atoms with Crippen molar-refractivity contribution < 1.29 is 19.0 Å². The largest absolute Gasteiger partial charge is 0.485 e. The van der Waals surface area contributed by atoms with E-state index in [0.717, 1.165) is 5.56 Å². The van der Waals surface area contributed by atoms with Crippen molar-refractivity contribution >= 4 is 23.7 Å². The van der Waals surface area contributed by atoms with Crippen LogP contribution in [0.1, 0.15) is 11.4 Å². The molecule has 3 heterocycles. The second kappa shape index (κ2) is 8.11. The molecule has 30 heavy (non-hydrogen) atoms. The zero-order valence-electron chi connectivity index (χ0n) is 15.9. The van der Waals surface area contributed by atoms with E-state index in [-0.39, 0.29) is 19.3 Å². The van der Waals surface area contributed by atoms with E-state index in [2.05, 4.69) is 10.2 Å². The summed E-state index contributed by atoms with van der Waals surface area (Å²) >= 11 is 1.37. The first-order chi connectivity index (χ1) is 14.8. The number of hydrogen-bond acceptors (Lipinski definition) is 7. The van der Waals surface area contributed by atoms with E-state index in [9.17, 15) is 4.79 Å². The maximum absolute atomic E-state index is 12.6. The first-order valence-corrected chi connectivity index (χ1v) is 10.4. The first kappa shape index (κ1) is 18.6. The molecule has 0 bridgehead atoms. The monoisotopic (exact) mass is 422 g/mol. The van der Waals surface area contributed by atoms with Crippen LogP contribution >= 0.6 is 11.8 Å². The molecule has 0 unspecified atom stereocenters. The number of thioether (sulfide) groups is 1. The number of aromatic nitrogens is 3. The Morgan fingerprint density at radius 2 is 1.97 bits per heavy atom. The van der Waals surface area contributed by atoms with Gasteiger partial charge < -0.3 is 14.2 Å². The van der Waals surface area contributed by atoms with Crippen molar-refractivity contribution in [3.05, 3.63) is 66.0 Å². The predicted octanol–water partition coefficient (Wildman–Crippen LogP) is 2.87. The van der Waals surface area contributed by atoms with E-state index in [4.69, 9.17) is 14.2 Å². The molecule has 3 aromatic rings. The van der Waals surface area contributed by atoms with Crippen LogP contribution in [0.2, 0.25) is 0 Å². The average molecular weight is 422 g/mol. The van der Waals surface area contributed by atoms with Crippen molar-refractivity contribution in [1.29, 1.82) is 0 Å². The van der Waals surface area contributed by atoms with Crippen molar-refractivity contribution in [2.24, 2.45) is 0 Å². The molecule has 0 spiro atoms. The van der Waals surface area contributed by atoms with E-state index in [0.29, 0.717) is 40.5 Å². The van der Waals surface area contributed by atoms with Gasteiger partial charge in [-0.25, -0.2) is 9.69 Å². The average Bonchev–Trinajstić information content (AvgIpc) is 3.41. The summed E-state index contributed by atoms with van der Waals surface area (Å²) in [6.07, 6.45) is 3.94. The summed E-state index contributed by atoms with van der Waals surface area (Å²) in [5, 5.41) is 10.8. The predicted molar refractivity (Wildman–Crippen MR) is 111 cm³/mol. The Balaban J connectivity index is 1.32. The molecule has 0 atom stereocenters. The number of ether oxygens (including phenoxy) is 3. The SMILES string of the molecule is O=C1CSc2nnc(COc3ccc4c(c3)OCO4)n2N1C/C=C/c1ccccc1. The summed E-state index contributed by atoms with van der Waals surface area (Å²) in [5.41, 5.74) is 1.08. The highest BCUT2D eigenvalue weighted by molar-refractivity contribution is 7.99. The standard InChI is InChI=1S/C21H18N4O4S/c26-20-13-30-21-23-22-19(12-27-16-8-9-17-18(11-16)29-14-28-17)25(21)24(20)10-4-7-15-5-2-1-3-6-15/h1-9,11H,10,12-14H2/b7-4+. The molecule has 0 saturated heterocycles. The van der Waals surface area contributed by atoms with Gasteiger partial charge in [-0.05, 0) is 17.7 Å². The first-order valence-electron chi connectivity index (χ1n) is 9.40. The van der Waals surface area contributed by atoms with E-state index in [1.54, 1.807) is 27.9 Å². The third-order valence-corrected chi connectivity index (χ3v) is 5.53. The second-order valence-corrected chi connectivity index (χ2v) is 7.53. The Kier molecular flexibility index (Phi) is 5.02. The smallest absolute Gasteiger partial charge is 0.252 e. The van der Waals surface area contributed by atoms with Crippen molar-refractivity contribution in [2.75, 3.05) is 24.1 Å². The summed E-state index contributed by atoms with van der Waals surface area (Å²) < 4.78 is 18.3. The summed E-state index contributed by atoms with van der Waals surface area (Å²) in [5.74, 6) is 2.85. The molecule has 0 N–H and O–H groups in total. The number of amides is 1. The number of nitrogens with zero attached hydrogens (tertiary/aromatic N) is 4. The van der Waals surface area contributed by atoms with Crippen LogP contribution in [0.3, 0.4) is 0 Å². The molecule has 1 aromatic heterocycles. The fraction of sp³-hybridized carbons (Fsp3) is 0.190. The zero-order chi connectivity index (χ0) is 20.3. The van der Waals surface area contributed by atoms with Crippen molar-refractivity contribution in [2.45, 2.75) is 11.8 Å². The lowest BCUT2D eigenvalue weighted by Crippen LogP contribution is -2.45. The zero-order valence-corrected chi connectivity index (χ0v) is 16.7. The lowest BCUT2D eigenvalue weighted by molar-refractivity contribution is -0.117. The van der Waals surface area contributed by atoms with E-state index in [1.807, 2.05) is 42.5 Å². The molecule has 8 nitrogen and oxygen atoms in total. The van der Waals surface area contributed by atoms with Crippen molar-refractivity contribution in [3.63, 3.8) is 0 Å². The Bertz CT molecular complexity index is 1100. The number of hydrogen-bond donors (Lipinski definition) is 0. The van der Waals surface area contributed by atoms with Crippen LogP contribution in [0.5, 0.6) is 17.2 Å². The highest BCUT2D eigenvalue weighted by atomic mass is 32.2. The number of fused-ring (bicyclic) bond motifs is 2. The molecule has 9 heteroatoms. The molecule has 0 fully saturated rings. The Morgan fingerprint density at radius 3 is 2.87 bits per heavy atom. The Morgan fingerprint density at radius 1 is 1.10 bits per heavy atom. The van der Waals surface area contributed by atoms with Gasteiger partial charge >= 0.3 is 0 Å². The van der Waals surface area contributed by atoms with Gasteiger partial charge in [0.05, 0.1) is 12.3 Å². The van der Waals surface area contributed by atoms with Crippen LogP contribution in [0.25, 0.3) is 6.08 Å². The fourth-order valence-corrected chi connectivity index (χ4v) is 4.01. The minimum absolute atomic E-state index is 0.00524. The van der Waals surface area contributed by atoms with Gasteiger partial charge in [0, 0.05) is 6.07 Å². The van der Waals surface area contributed by atoms with E-state index < -0.39 is 0 Å². The van der Waals surface area contributed by atoms with Crippen LogP contribution in [-0.2, 0) is 11.4 Å². The lowest BCUT2D eigenvalue weighted by atomic mass is 10.2. The Hall–Kier alpha value is -3.46. The number of rotatable bonds is 6. The normalized spacial score (nSPS) is 14.9. The van der Waals surface area contributed by atoms with Gasteiger partial charge in [0.2, 0.25) is 11.9 Å². The maximum atomic E-state index is 12.6. The molecular formula is C21H18N4O4S. The number of benzene rings is 2. The van der Waals surface area contributed by atoms with Gasteiger partial charge in [-0.3, -0.25) is 4.79 Å². The minimum Gasteiger partial charge on any atom is -0.485 e. The van der Waals surface area contributed by atoms with Gasteiger partial charge in [-0.1, -0.05) is 54.2 Å². The number of carbonyl (C=O) groups is 1. The molecule has 0 aliphatic carbocycles. The van der Waals surface area contributed by atoms with Crippen LogP contribution in [0.15, 0.2) is 59.8 Å². The second-order valence-electron chi connectivity index (χ2n) is 6.59. The van der Waals surface area contributed by atoms with Crippen LogP contribution < -0.4 is 19.2 Å². The topological polar surface area (TPSA) is 78.7 Å². The summed E-state index contributed by atoms with van der Waals surface area (Å²) in [7, 11) is 0. The van der Waals surface area contributed by atoms with Gasteiger partial charge in [0.15, 0.2) is 17.3 Å². The summed E-state index contributed by atoms with van der Waals surface area (Å²) in [6.45, 7) is 0.789. The molecule has 0 radical (unpaired) electrons. The maximum Gasteiger partial charge on any atom is 0.252 e. The van der Waals surface area contributed by atoms with Crippen LogP contribution in [0, 0.1) is 0 Å². The van der Waals surface area contributed by atoms with Crippen LogP contribution in [-0.4, -0.2) is 39.9 Å². The van der Waals surface area contributed by atoms with Crippen LogP contribution in [0.4, 0.5) is 0 Å². The Labute approximate surface area is 177 Å². The van der Waals surface area contributed by atoms with Gasteiger partial charge in [0.25, 0.3) is 5.91 Å². The summed E-state index contributed by atoms with van der Waals surface area (Å²) in [6, 6.07) is 15.3. The van der Waals surface area contributed by atoms with Crippen molar-refractivity contribution in [1.82, 2.24) is 14.9 Å². The van der Waals surface area contributed by atoms with Gasteiger partial charge in [0.1, 0.15) is 12.4 Å². The summed E-state index contributed by atoms with van der Waals surface area (Å²) in [4.78, 5) is 12.6. The molecule has 5 rings (SSSR count). The quantitative estimate of drug-likeness (QED) is 0.604. The minimum atomic E-state index is -0.00524. The number of carbonyl (C=O) groups excluding carboxylic acids is 1. The lowest BCUT2D eigenvalue weighted by Gasteiger charge is -2.28. The highest BCUT2D eigenvalue weighted by Gasteiger charge is 2.28. The third-order valence-electron chi connectivity index (χ3n) is 4.63.